The van der Waals surface area contributed by atoms with E-state index in [0.29, 0.717) is 5.75 Å². The van der Waals surface area contributed by atoms with E-state index in [4.69, 9.17) is 9.47 Å². The number of amides is 2. The largest absolute Gasteiger partial charge is 0.497 e. The van der Waals surface area contributed by atoms with Crippen molar-refractivity contribution < 1.29 is 29.0 Å². The van der Waals surface area contributed by atoms with Crippen LogP contribution in [0.1, 0.15) is 22.3 Å². The van der Waals surface area contributed by atoms with Gasteiger partial charge in [-0.1, -0.05) is 103 Å². The summed E-state index contributed by atoms with van der Waals surface area (Å²) < 4.78 is 12.2. The number of benzene rings is 4. The lowest BCUT2D eigenvalue weighted by Crippen LogP contribution is -2.49. The van der Waals surface area contributed by atoms with Crippen LogP contribution < -0.4 is 15.4 Å². The number of imidazole rings is 1. The highest BCUT2D eigenvalue weighted by molar-refractivity contribution is 5.93. The minimum absolute atomic E-state index is 0.0655. The number of hydrogen-bond donors (Lipinski definition) is 3. The van der Waals surface area contributed by atoms with Crippen LogP contribution in [0.4, 0.5) is 10.6 Å². The lowest BCUT2D eigenvalue weighted by molar-refractivity contribution is -0.144. The van der Waals surface area contributed by atoms with Crippen LogP contribution in [0.3, 0.4) is 0 Å². The van der Waals surface area contributed by atoms with E-state index >= 15 is 0 Å². The summed E-state index contributed by atoms with van der Waals surface area (Å²) in [5.41, 5.74) is 3.34. The number of nitrogens with zero attached hydrogens (tertiary/aromatic N) is 5. The van der Waals surface area contributed by atoms with Gasteiger partial charge in [-0.05, 0) is 34.4 Å². The van der Waals surface area contributed by atoms with Gasteiger partial charge in [0.25, 0.3) is 0 Å². The molecule has 4 aromatic carbocycles. The van der Waals surface area contributed by atoms with E-state index in [1.54, 1.807) is 7.11 Å². The van der Waals surface area contributed by atoms with E-state index in [2.05, 4.69) is 25.6 Å². The molecule has 6 aromatic rings. The monoisotopic (exact) mass is 699 g/mol. The number of fused-ring (bicyclic) bond motifs is 1. The molecule has 0 saturated carbocycles. The molecular weight excluding hydrogens is 662 g/mol. The van der Waals surface area contributed by atoms with Crippen LogP contribution in [0.25, 0.3) is 11.2 Å². The second kappa shape index (κ2) is 16.4. The van der Waals surface area contributed by atoms with Gasteiger partial charge >= 0.3 is 12.1 Å². The van der Waals surface area contributed by atoms with Crippen LogP contribution in [0.5, 0.6) is 5.75 Å². The Bertz CT molecular complexity index is 2070. The van der Waals surface area contributed by atoms with Gasteiger partial charge in [0.2, 0.25) is 5.91 Å². The third-order valence-corrected chi connectivity index (χ3v) is 8.53. The number of anilines is 1. The number of carboxylic acids is 1. The Labute approximate surface area is 299 Å². The Kier molecular flexibility index (Phi) is 11.1. The predicted molar refractivity (Wildman–Crippen MR) is 194 cm³/mol. The van der Waals surface area contributed by atoms with Crippen molar-refractivity contribution in [1.29, 1.82) is 0 Å². The fourth-order valence-corrected chi connectivity index (χ4v) is 6.05. The zero-order valence-corrected chi connectivity index (χ0v) is 28.4. The fourth-order valence-electron chi connectivity index (χ4n) is 6.05. The van der Waals surface area contributed by atoms with Crippen LogP contribution in [0.2, 0.25) is 0 Å². The average Bonchev–Trinajstić information content (AvgIpc) is 3.59. The van der Waals surface area contributed by atoms with E-state index in [0.717, 1.165) is 22.3 Å². The Balaban J connectivity index is 1.21. The summed E-state index contributed by atoms with van der Waals surface area (Å²) in [5, 5.41) is 16.1. The predicted octanol–water partition coefficient (Wildman–Crippen LogP) is 5.08. The number of nitrogens with one attached hydrogen (secondary N) is 2. The zero-order valence-electron chi connectivity index (χ0n) is 28.4. The molecule has 2 aromatic heterocycles. The molecule has 0 radical (unpaired) electrons. The zero-order chi connectivity index (χ0) is 36.3. The first-order valence-electron chi connectivity index (χ1n) is 16.5. The van der Waals surface area contributed by atoms with Gasteiger partial charge in [-0.3, -0.25) is 20.2 Å². The first-order valence-corrected chi connectivity index (χ1v) is 16.5. The van der Waals surface area contributed by atoms with Crippen molar-refractivity contribution in [2.24, 2.45) is 0 Å². The molecule has 0 atom stereocenters. The molecule has 13 nitrogen and oxygen atoms in total. The third kappa shape index (κ3) is 8.06. The highest BCUT2D eigenvalue weighted by Gasteiger charge is 2.36. The molecule has 0 bridgehead atoms. The number of hydrogen-bond acceptors (Lipinski definition) is 9. The van der Waals surface area contributed by atoms with Crippen molar-refractivity contribution >= 4 is 35.0 Å². The first kappa shape index (κ1) is 35.2. The molecule has 0 fully saturated rings. The van der Waals surface area contributed by atoms with E-state index in [9.17, 15) is 19.5 Å². The van der Waals surface area contributed by atoms with E-state index in [-0.39, 0.29) is 43.2 Å². The summed E-state index contributed by atoms with van der Waals surface area (Å²) in [6.45, 7) is -0.394. The fraction of sp³-hybridized carbons (Fsp3) is 0.179. The number of methoxy groups -OCH3 is 1. The third-order valence-electron chi connectivity index (χ3n) is 8.53. The van der Waals surface area contributed by atoms with Crippen molar-refractivity contribution in [3.63, 3.8) is 0 Å². The summed E-state index contributed by atoms with van der Waals surface area (Å²) in [7, 11) is 1.61. The molecule has 2 heterocycles. The Hall–Kier alpha value is -6.60. The molecule has 0 saturated heterocycles. The van der Waals surface area contributed by atoms with Gasteiger partial charge in [0.05, 0.1) is 19.0 Å². The highest BCUT2D eigenvalue weighted by Crippen LogP contribution is 2.37. The first-order chi connectivity index (χ1) is 25.4. The molecule has 264 valence electrons. The Morgan fingerprint density at radius 1 is 0.808 bits per heavy atom. The minimum atomic E-state index is -1.15. The molecule has 0 aliphatic rings. The van der Waals surface area contributed by atoms with Gasteiger partial charge in [0, 0.05) is 13.1 Å². The number of ether oxygens (including phenoxy) is 2. The van der Waals surface area contributed by atoms with E-state index in [1.807, 2.05) is 115 Å². The van der Waals surface area contributed by atoms with Crippen LogP contribution in [0, 0.1) is 0 Å². The summed E-state index contributed by atoms with van der Waals surface area (Å²) >= 11 is 0. The maximum atomic E-state index is 13.7. The molecule has 13 heteroatoms. The second-order valence-electron chi connectivity index (χ2n) is 11.8. The Morgan fingerprint density at radius 2 is 1.42 bits per heavy atom. The van der Waals surface area contributed by atoms with Gasteiger partial charge in [-0.15, -0.1) is 0 Å². The molecular formula is C39H37N7O6. The molecule has 52 heavy (non-hydrogen) atoms. The summed E-state index contributed by atoms with van der Waals surface area (Å²) in [4.78, 5) is 52.3. The second-order valence-corrected chi connectivity index (χ2v) is 11.8. The van der Waals surface area contributed by atoms with Crippen molar-refractivity contribution in [2.75, 3.05) is 32.1 Å². The van der Waals surface area contributed by atoms with E-state index in [1.165, 1.54) is 22.1 Å². The topological polar surface area (TPSA) is 161 Å². The molecule has 6 rings (SSSR count). The Morgan fingerprint density at radius 3 is 2.04 bits per heavy atom. The maximum Gasteiger partial charge on any atom is 0.413 e. The average molecular weight is 700 g/mol. The summed E-state index contributed by atoms with van der Waals surface area (Å²) in [5.74, 6) is -0.801. The standard InChI is InChI=1S/C39H37N7O6/c1-51-32-19-17-31(18-20-32)39(29-13-7-3-8-14-29,30-15-9-4-10-16-30)43-21-22-45(24-34(48)49)33(47)23-46-27-42-35-36(40-26-41-37(35)46)44-38(50)52-25-28-11-5-2-6-12-28/h2-20,26-27,43H,21-25H2,1H3,(H,48,49)(H,40,41,44,50). The summed E-state index contributed by atoms with van der Waals surface area (Å²) in [6, 6.07) is 36.9. The van der Waals surface area contributed by atoms with E-state index < -0.39 is 30.1 Å². The number of carboxylic acid groups (broad SMARTS) is 1. The number of rotatable bonds is 15. The van der Waals surface area contributed by atoms with Crippen LogP contribution in [-0.4, -0.2) is 74.2 Å². The molecule has 0 aliphatic heterocycles. The molecule has 2 amide bonds. The molecule has 3 N–H and O–H groups in total. The number of carbonyl (C=O) groups is 3. The van der Waals surface area contributed by atoms with Crippen molar-refractivity contribution in [3.8, 4) is 5.75 Å². The highest BCUT2D eigenvalue weighted by atomic mass is 16.5. The van der Waals surface area contributed by atoms with Crippen LogP contribution in [0.15, 0.2) is 128 Å². The quantitative estimate of drug-likeness (QED) is 0.123. The lowest BCUT2D eigenvalue weighted by atomic mass is 9.77. The van der Waals surface area contributed by atoms with Gasteiger partial charge < -0.3 is 24.0 Å². The molecule has 0 unspecified atom stereocenters. The minimum Gasteiger partial charge on any atom is -0.497 e. The number of carbonyl (C=O) groups excluding carboxylic acids is 2. The lowest BCUT2D eigenvalue weighted by Gasteiger charge is -2.38. The SMILES string of the molecule is COc1ccc(C(NCCN(CC(=O)O)C(=O)Cn2cnc3c(NC(=O)OCc4ccccc4)ncnc32)(c2ccccc2)c2ccccc2)cc1. The maximum absolute atomic E-state index is 13.7. The molecule has 0 spiro atoms. The van der Waals surface area contributed by atoms with Gasteiger partial charge in [-0.2, -0.15) is 0 Å². The van der Waals surface area contributed by atoms with Gasteiger partial charge in [-0.25, -0.2) is 19.7 Å². The molecule has 0 aliphatic carbocycles. The number of aliphatic carboxylic acids is 1. The van der Waals surface area contributed by atoms with Gasteiger partial charge in [0.1, 0.15) is 31.8 Å². The summed E-state index contributed by atoms with van der Waals surface area (Å²) in [6.07, 6.45) is 1.91. The van der Waals surface area contributed by atoms with Crippen molar-refractivity contribution in [3.05, 3.63) is 150 Å². The van der Waals surface area contributed by atoms with Crippen LogP contribution >= 0.6 is 0 Å². The number of aromatic nitrogens is 4. The normalized spacial score (nSPS) is 11.2. The van der Waals surface area contributed by atoms with Crippen molar-refractivity contribution in [2.45, 2.75) is 18.7 Å². The van der Waals surface area contributed by atoms with Gasteiger partial charge in [0.15, 0.2) is 17.0 Å². The van der Waals surface area contributed by atoms with Crippen molar-refractivity contribution in [1.82, 2.24) is 29.7 Å². The smallest absolute Gasteiger partial charge is 0.413 e. The van der Waals surface area contributed by atoms with Crippen LogP contribution in [-0.2, 0) is 33.0 Å².